The van der Waals surface area contributed by atoms with E-state index in [1.165, 1.54) is 180 Å². The van der Waals surface area contributed by atoms with Crippen molar-refractivity contribution in [1.82, 2.24) is 5.32 Å². The first kappa shape index (κ1) is 59.1. The van der Waals surface area contributed by atoms with Gasteiger partial charge in [0.25, 0.3) is 0 Å². The Labute approximate surface area is 381 Å². The first-order valence-electron chi connectivity index (χ1n) is 27.0. The maximum absolute atomic E-state index is 12.4. The normalized spacial score (nSPS) is 13.3. The molecular formula is C57H105NO3. The summed E-state index contributed by atoms with van der Waals surface area (Å²) in [5, 5.41) is 23.3. The number of carbonyl (C=O) groups is 1. The smallest absolute Gasteiger partial charge is 0.220 e. The molecular weight excluding hydrogens is 747 g/mol. The van der Waals surface area contributed by atoms with Crippen molar-refractivity contribution in [2.24, 2.45) is 0 Å². The van der Waals surface area contributed by atoms with Crippen LogP contribution in [0.2, 0.25) is 0 Å². The molecule has 2 atom stereocenters. The van der Waals surface area contributed by atoms with E-state index in [0.29, 0.717) is 12.8 Å². The van der Waals surface area contributed by atoms with E-state index in [2.05, 4.69) is 79.9 Å². The van der Waals surface area contributed by atoms with Crippen molar-refractivity contribution >= 4 is 5.91 Å². The van der Waals surface area contributed by atoms with Crippen molar-refractivity contribution in [3.05, 3.63) is 60.8 Å². The molecule has 0 spiro atoms. The molecule has 356 valence electrons. The van der Waals surface area contributed by atoms with Crippen molar-refractivity contribution in [3.8, 4) is 0 Å². The summed E-state index contributed by atoms with van der Waals surface area (Å²) < 4.78 is 0. The Balaban J connectivity index is 3.48. The van der Waals surface area contributed by atoms with E-state index in [1.807, 2.05) is 0 Å². The topological polar surface area (TPSA) is 69.6 Å². The van der Waals surface area contributed by atoms with E-state index in [4.69, 9.17) is 0 Å². The summed E-state index contributed by atoms with van der Waals surface area (Å²) in [6.45, 7) is 4.25. The maximum Gasteiger partial charge on any atom is 0.220 e. The number of rotatable bonds is 49. The Morgan fingerprint density at radius 3 is 1.07 bits per heavy atom. The lowest BCUT2D eigenvalue weighted by Crippen LogP contribution is -2.45. The van der Waals surface area contributed by atoms with Gasteiger partial charge in [0, 0.05) is 6.42 Å². The summed E-state index contributed by atoms with van der Waals surface area (Å²) in [7, 11) is 0. The summed E-state index contributed by atoms with van der Waals surface area (Å²) >= 11 is 0. The molecule has 0 aromatic heterocycles. The number of carbonyl (C=O) groups excluding carboxylic acids is 1. The average molecular weight is 852 g/mol. The molecule has 2 unspecified atom stereocenters. The Morgan fingerprint density at radius 1 is 0.410 bits per heavy atom. The van der Waals surface area contributed by atoms with Crippen LogP contribution in [0.1, 0.15) is 277 Å². The van der Waals surface area contributed by atoms with Gasteiger partial charge in [-0.15, -0.1) is 0 Å². The summed E-state index contributed by atoms with van der Waals surface area (Å²) in [5.74, 6) is -0.0614. The minimum Gasteiger partial charge on any atom is -0.394 e. The molecule has 0 fully saturated rings. The van der Waals surface area contributed by atoms with Crippen molar-refractivity contribution in [1.29, 1.82) is 0 Å². The number of hydrogen-bond donors (Lipinski definition) is 3. The molecule has 0 aliphatic rings. The predicted molar refractivity (Wildman–Crippen MR) is 271 cm³/mol. The van der Waals surface area contributed by atoms with Crippen LogP contribution >= 0.6 is 0 Å². The molecule has 4 heteroatoms. The van der Waals surface area contributed by atoms with Crippen molar-refractivity contribution < 1.29 is 15.0 Å². The second-order valence-electron chi connectivity index (χ2n) is 18.3. The fourth-order valence-corrected chi connectivity index (χ4v) is 8.21. The SMILES string of the molecule is CC/C=C\C/C=C\C/C=C\C/C=C\C/C=C\CCCCCC(=O)NC(CO)C(O)CCCCCCCCCCCCCCCCCCCCCCCCCCCCCCCC. The number of aliphatic hydroxyl groups is 2. The van der Waals surface area contributed by atoms with Crippen LogP contribution in [0.5, 0.6) is 0 Å². The second-order valence-corrected chi connectivity index (χ2v) is 18.3. The highest BCUT2D eigenvalue weighted by atomic mass is 16.3. The predicted octanol–water partition coefficient (Wildman–Crippen LogP) is 17.6. The lowest BCUT2D eigenvalue weighted by Gasteiger charge is -2.22. The van der Waals surface area contributed by atoms with E-state index >= 15 is 0 Å². The Hall–Kier alpha value is -1.91. The first-order chi connectivity index (χ1) is 30.2. The molecule has 0 aliphatic carbocycles. The zero-order valence-electron chi connectivity index (χ0n) is 40.9. The van der Waals surface area contributed by atoms with Gasteiger partial charge in [0.05, 0.1) is 18.8 Å². The third kappa shape index (κ3) is 49.0. The summed E-state index contributed by atoms with van der Waals surface area (Å²) in [6.07, 6.45) is 73.5. The molecule has 0 saturated heterocycles. The van der Waals surface area contributed by atoms with Gasteiger partial charge in [-0.3, -0.25) is 4.79 Å². The lowest BCUT2D eigenvalue weighted by atomic mass is 10.0. The van der Waals surface area contributed by atoms with E-state index in [1.54, 1.807) is 0 Å². The Kier molecular flexibility index (Phi) is 50.8. The highest BCUT2D eigenvalue weighted by Gasteiger charge is 2.20. The monoisotopic (exact) mass is 852 g/mol. The third-order valence-corrected chi connectivity index (χ3v) is 12.3. The molecule has 0 radical (unpaired) electrons. The van der Waals surface area contributed by atoms with Crippen LogP contribution in [-0.2, 0) is 4.79 Å². The van der Waals surface area contributed by atoms with E-state index in [0.717, 1.165) is 70.6 Å². The zero-order valence-corrected chi connectivity index (χ0v) is 40.9. The number of nitrogens with one attached hydrogen (secondary N) is 1. The summed E-state index contributed by atoms with van der Waals surface area (Å²) in [5.41, 5.74) is 0. The third-order valence-electron chi connectivity index (χ3n) is 12.3. The number of hydrogen-bond acceptors (Lipinski definition) is 3. The van der Waals surface area contributed by atoms with Gasteiger partial charge in [0.1, 0.15) is 0 Å². The molecule has 0 aromatic rings. The first-order valence-corrected chi connectivity index (χ1v) is 27.0. The molecule has 1 amide bonds. The lowest BCUT2D eigenvalue weighted by molar-refractivity contribution is -0.123. The molecule has 0 saturated carbocycles. The van der Waals surface area contributed by atoms with Crippen LogP contribution in [0.4, 0.5) is 0 Å². The zero-order chi connectivity index (χ0) is 44.2. The van der Waals surface area contributed by atoms with Crippen LogP contribution in [0, 0.1) is 0 Å². The number of amides is 1. The fraction of sp³-hybridized carbons (Fsp3) is 0.807. The van der Waals surface area contributed by atoms with Gasteiger partial charge in [0.15, 0.2) is 0 Å². The number of aliphatic hydroxyl groups excluding tert-OH is 2. The quantitative estimate of drug-likeness (QED) is 0.0422. The summed E-state index contributed by atoms with van der Waals surface area (Å²) in [6, 6.07) is -0.558. The fourth-order valence-electron chi connectivity index (χ4n) is 8.21. The highest BCUT2D eigenvalue weighted by molar-refractivity contribution is 5.76. The minimum atomic E-state index is -0.678. The molecule has 0 rings (SSSR count). The second kappa shape index (κ2) is 52.4. The van der Waals surface area contributed by atoms with Crippen molar-refractivity contribution in [3.63, 3.8) is 0 Å². The van der Waals surface area contributed by atoms with E-state index in [-0.39, 0.29) is 12.5 Å². The molecule has 4 nitrogen and oxygen atoms in total. The molecule has 0 heterocycles. The van der Waals surface area contributed by atoms with Gasteiger partial charge in [-0.05, 0) is 57.8 Å². The van der Waals surface area contributed by atoms with Gasteiger partial charge >= 0.3 is 0 Å². The van der Waals surface area contributed by atoms with Crippen LogP contribution in [0.3, 0.4) is 0 Å². The molecule has 0 aromatic carbocycles. The van der Waals surface area contributed by atoms with Gasteiger partial charge in [-0.1, -0.05) is 274 Å². The van der Waals surface area contributed by atoms with Crippen molar-refractivity contribution in [2.45, 2.75) is 289 Å². The van der Waals surface area contributed by atoms with Crippen LogP contribution < -0.4 is 5.32 Å². The van der Waals surface area contributed by atoms with Crippen LogP contribution in [-0.4, -0.2) is 34.9 Å². The molecule has 61 heavy (non-hydrogen) atoms. The number of allylic oxidation sites excluding steroid dienone is 10. The maximum atomic E-state index is 12.4. The summed E-state index contributed by atoms with van der Waals surface area (Å²) in [4.78, 5) is 12.4. The molecule has 3 N–H and O–H groups in total. The Morgan fingerprint density at radius 2 is 0.721 bits per heavy atom. The van der Waals surface area contributed by atoms with Crippen LogP contribution in [0.15, 0.2) is 60.8 Å². The Bertz CT molecular complexity index is 1010. The molecule has 0 bridgehead atoms. The van der Waals surface area contributed by atoms with E-state index in [9.17, 15) is 15.0 Å². The van der Waals surface area contributed by atoms with Gasteiger partial charge in [-0.25, -0.2) is 0 Å². The average Bonchev–Trinajstić information content (AvgIpc) is 3.26. The standard InChI is InChI=1S/C57H105NO3/c1-3-5-7-9-11-13-15-17-19-21-23-24-25-26-27-28-29-30-31-32-33-35-36-38-40-42-44-46-48-50-52-56(60)55(54-59)58-57(61)53-51-49-47-45-43-41-39-37-34-22-20-18-16-14-12-10-8-6-4-2/h6,8,12,14,18,20,34,37,41,43,55-56,59-60H,3-5,7,9-11,13,15-17,19,21-33,35-36,38-40,42,44-54H2,1-2H3,(H,58,61)/b8-6-,14-12-,20-18-,37-34-,43-41-. The van der Waals surface area contributed by atoms with Gasteiger partial charge < -0.3 is 15.5 Å². The highest BCUT2D eigenvalue weighted by Crippen LogP contribution is 2.17. The van der Waals surface area contributed by atoms with Crippen LogP contribution in [0.25, 0.3) is 0 Å². The largest absolute Gasteiger partial charge is 0.394 e. The van der Waals surface area contributed by atoms with E-state index < -0.39 is 12.1 Å². The molecule has 0 aliphatic heterocycles. The van der Waals surface area contributed by atoms with Gasteiger partial charge in [0.2, 0.25) is 5.91 Å². The number of unbranched alkanes of at least 4 members (excludes halogenated alkanes) is 32. The minimum absolute atomic E-state index is 0.0614. The van der Waals surface area contributed by atoms with Crippen molar-refractivity contribution in [2.75, 3.05) is 6.61 Å². The van der Waals surface area contributed by atoms with Gasteiger partial charge in [-0.2, -0.15) is 0 Å².